The van der Waals surface area contributed by atoms with Crippen LogP contribution in [0.4, 0.5) is 4.39 Å². The van der Waals surface area contributed by atoms with Crippen LogP contribution in [0.15, 0.2) is 24.3 Å². The van der Waals surface area contributed by atoms with E-state index < -0.39 is 0 Å². The Kier molecular flexibility index (Phi) is 3.91. The van der Waals surface area contributed by atoms with Crippen molar-refractivity contribution in [3.63, 3.8) is 0 Å². The lowest BCUT2D eigenvalue weighted by atomic mass is 10.3. The molecule has 1 aromatic rings. The van der Waals surface area contributed by atoms with Gasteiger partial charge in [-0.2, -0.15) is 0 Å². The fourth-order valence-corrected chi connectivity index (χ4v) is 0.911. The van der Waals surface area contributed by atoms with Crippen LogP contribution in [0.5, 0.6) is 5.75 Å². The van der Waals surface area contributed by atoms with Crippen LogP contribution in [0, 0.1) is 5.82 Å². The van der Waals surface area contributed by atoms with Gasteiger partial charge in [-0.3, -0.25) is 4.79 Å². The molecule has 0 amide bonds. The maximum absolute atomic E-state index is 12.6. The lowest BCUT2D eigenvalue weighted by Crippen LogP contribution is -2.07. The van der Waals surface area contributed by atoms with Gasteiger partial charge >= 0.3 is 5.97 Å². The Morgan fingerprint density at radius 3 is 2.93 bits per heavy atom. The molecule has 0 saturated heterocycles. The molecular weight excluding hydrogens is 187 g/mol. The first-order valence-corrected chi connectivity index (χ1v) is 4.17. The second kappa shape index (κ2) is 5.21. The minimum atomic E-state index is -0.361. The van der Waals surface area contributed by atoms with E-state index in [1.165, 1.54) is 19.2 Å². The zero-order chi connectivity index (χ0) is 10.4. The monoisotopic (exact) mass is 198 g/mol. The molecule has 0 aliphatic rings. The summed E-state index contributed by atoms with van der Waals surface area (Å²) in [6, 6.07) is 5.76. The van der Waals surface area contributed by atoms with Gasteiger partial charge < -0.3 is 9.47 Å². The van der Waals surface area contributed by atoms with Crippen LogP contribution in [-0.4, -0.2) is 19.7 Å². The van der Waals surface area contributed by atoms with Crippen LogP contribution in [0.2, 0.25) is 0 Å². The minimum absolute atomic E-state index is 0.160. The van der Waals surface area contributed by atoms with E-state index in [4.69, 9.17) is 4.74 Å². The van der Waals surface area contributed by atoms with Crippen molar-refractivity contribution >= 4 is 5.97 Å². The second-order valence-electron chi connectivity index (χ2n) is 2.63. The summed E-state index contributed by atoms with van der Waals surface area (Å²) in [7, 11) is 1.31. The highest BCUT2D eigenvalue weighted by molar-refractivity contribution is 5.69. The molecule has 0 N–H and O–H groups in total. The normalized spacial score (nSPS) is 9.57. The smallest absolute Gasteiger partial charge is 0.308 e. The van der Waals surface area contributed by atoms with Gasteiger partial charge in [0, 0.05) is 6.07 Å². The zero-order valence-corrected chi connectivity index (χ0v) is 7.83. The molecule has 0 atom stereocenters. The second-order valence-corrected chi connectivity index (χ2v) is 2.63. The maximum Gasteiger partial charge on any atom is 0.308 e. The molecule has 1 aromatic carbocycles. The van der Waals surface area contributed by atoms with Crippen LogP contribution in [0.1, 0.15) is 6.42 Å². The number of hydrogen-bond donors (Lipinski definition) is 0. The number of carbonyl (C=O) groups excluding carboxylic acids is 1. The van der Waals surface area contributed by atoms with Crippen molar-refractivity contribution in [1.82, 2.24) is 0 Å². The predicted molar refractivity (Wildman–Crippen MR) is 48.5 cm³/mol. The van der Waals surface area contributed by atoms with Gasteiger partial charge in [0.25, 0.3) is 0 Å². The van der Waals surface area contributed by atoms with Gasteiger partial charge in [0.05, 0.1) is 20.1 Å². The molecule has 0 fully saturated rings. The third-order valence-corrected chi connectivity index (χ3v) is 1.60. The molecule has 76 valence electrons. The van der Waals surface area contributed by atoms with Gasteiger partial charge in [0.2, 0.25) is 0 Å². The Balaban J connectivity index is 2.35. The SMILES string of the molecule is COC(=O)CCOc1cccc(F)c1. The van der Waals surface area contributed by atoms with Gasteiger partial charge in [-0.25, -0.2) is 4.39 Å². The summed E-state index contributed by atoms with van der Waals surface area (Å²) in [6.45, 7) is 0.191. The molecule has 0 spiro atoms. The molecule has 3 nitrogen and oxygen atoms in total. The summed E-state index contributed by atoms with van der Waals surface area (Å²) >= 11 is 0. The van der Waals surface area contributed by atoms with E-state index in [9.17, 15) is 9.18 Å². The van der Waals surface area contributed by atoms with Gasteiger partial charge in [-0.05, 0) is 12.1 Å². The lowest BCUT2D eigenvalue weighted by Gasteiger charge is -2.04. The maximum atomic E-state index is 12.6. The van der Waals surface area contributed by atoms with Crippen molar-refractivity contribution in [2.24, 2.45) is 0 Å². The third-order valence-electron chi connectivity index (χ3n) is 1.60. The van der Waals surface area contributed by atoms with E-state index in [1.807, 2.05) is 0 Å². The molecule has 0 heterocycles. The first kappa shape index (κ1) is 10.5. The number of halogens is 1. The van der Waals surface area contributed by atoms with Crippen LogP contribution in [-0.2, 0) is 9.53 Å². The largest absolute Gasteiger partial charge is 0.493 e. The van der Waals surface area contributed by atoms with Crippen molar-refractivity contribution in [1.29, 1.82) is 0 Å². The first-order chi connectivity index (χ1) is 6.72. The Bertz CT molecular complexity index is 312. The molecule has 0 bridgehead atoms. The molecule has 0 radical (unpaired) electrons. The molecule has 4 heteroatoms. The summed E-state index contributed by atoms with van der Waals surface area (Å²) in [6.07, 6.45) is 0.160. The van der Waals surface area contributed by atoms with E-state index in [0.29, 0.717) is 5.75 Å². The molecular formula is C10H11FO3. The van der Waals surface area contributed by atoms with Gasteiger partial charge in [-0.1, -0.05) is 6.07 Å². The summed E-state index contributed by atoms with van der Waals surface area (Å²) in [5, 5.41) is 0. The molecule has 0 saturated carbocycles. The number of hydrogen-bond acceptors (Lipinski definition) is 3. The van der Waals surface area contributed by atoms with Crippen molar-refractivity contribution in [2.45, 2.75) is 6.42 Å². The molecule has 0 aliphatic heterocycles. The quantitative estimate of drug-likeness (QED) is 0.691. The summed E-state index contributed by atoms with van der Waals surface area (Å²) in [4.78, 5) is 10.7. The summed E-state index contributed by atoms with van der Waals surface area (Å²) in [5.41, 5.74) is 0. The van der Waals surface area contributed by atoms with Crippen molar-refractivity contribution in [3.05, 3.63) is 30.1 Å². The molecule has 1 rings (SSSR count). The van der Waals surface area contributed by atoms with Gasteiger partial charge in [0.15, 0.2) is 0 Å². The van der Waals surface area contributed by atoms with E-state index >= 15 is 0 Å². The highest BCUT2D eigenvalue weighted by Crippen LogP contribution is 2.11. The topological polar surface area (TPSA) is 35.5 Å². The Labute approximate surface area is 81.4 Å². The fourth-order valence-electron chi connectivity index (χ4n) is 0.911. The van der Waals surface area contributed by atoms with Crippen LogP contribution in [0.25, 0.3) is 0 Å². The number of benzene rings is 1. The number of rotatable bonds is 4. The molecule has 0 aromatic heterocycles. The minimum Gasteiger partial charge on any atom is -0.493 e. The summed E-state index contributed by atoms with van der Waals surface area (Å²) < 4.78 is 22.2. The number of methoxy groups -OCH3 is 1. The lowest BCUT2D eigenvalue weighted by molar-refractivity contribution is -0.141. The average Bonchev–Trinajstić information content (AvgIpc) is 2.17. The van der Waals surface area contributed by atoms with Gasteiger partial charge in [0.1, 0.15) is 11.6 Å². The predicted octanol–water partition coefficient (Wildman–Crippen LogP) is 1.77. The molecule has 0 unspecified atom stereocenters. The fraction of sp³-hybridized carbons (Fsp3) is 0.300. The van der Waals surface area contributed by atoms with Crippen molar-refractivity contribution in [3.8, 4) is 5.75 Å². The van der Waals surface area contributed by atoms with Crippen LogP contribution in [0.3, 0.4) is 0 Å². The highest BCUT2D eigenvalue weighted by Gasteiger charge is 2.01. The average molecular weight is 198 g/mol. The first-order valence-electron chi connectivity index (χ1n) is 4.17. The number of ether oxygens (including phenoxy) is 2. The van der Waals surface area contributed by atoms with Gasteiger partial charge in [-0.15, -0.1) is 0 Å². The van der Waals surface area contributed by atoms with Crippen LogP contribution < -0.4 is 4.74 Å². The van der Waals surface area contributed by atoms with E-state index in [0.717, 1.165) is 0 Å². The standard InChI is InChI=1S/C10H11FO3/c1-13-10(12)5-6-14-9-4-2-3-8(11)7-9/h2-4,7H,5-6H2,1H3. The van der Waals surface area contributed by atoms with Crippen molar-refractivity contribution in [2.75, 3.05) is 13.7 Å². The zero-order valence-electron chi connectivity index (χ0n) is 7.83. The van der Waals surface area contributed by atoms with E-state index in [-0.39, 0.29) is 24.8 Å². The number of esters is 1. The van der Waals surface area contributed by atoms with E-state index in [2.05, 4.69) is 4.74 Å². The summed E-state index contributed by atoms with van der Waals surface area (Å²) in [5.74, 6) is -0.295. The molecule has 14 heavy (non-hydrogen) atoms. The Morgan fingerprint density at radius 1 is 1.50 bits per heavy atom. The molecule has 0 aliphatic carbocycles. The Morgan fingerprint density at radius 2 is 2.29 bits per heavy atom. The van der Waals surface area contributed by atoms with Crippen molar-refractivity contribution < 1.29 is 18.7 Å². The third kappa shape index (κ3) is 3.43. The van der Waals surface area contributed by atoms with Crippen LogP contribution >= 0.6 is 0 Å². The van der Waals surface area contributed by atoms with E-state index in [1.54, 1.807) is 12.1 Å². The highest BCUT2D eigenvalue weighted by atomic mass is 19.1. The Hall–Kier alpha value is -1.58. The number of carbonyl (C=O) groups is 1.